The van der Waals surface area contributed by atoms with Gasteiger partial charge in [0.2, 0.25) is 0 Å². The van der Waals surface area contributed by atoms with Crippen LogP contribution in [0.4, 0.5) is 13.2 Å². The van der Waals surface area contributed by atoms with Gasteiger partial charge in [-0.25, -0.2) is 0 Å². The van der Waals surface area contributed by atoms with Gasteiger partial charge in [-0.2, -0.15) is 13.2 Å². The molecule has 0 amide bonds. The van der Waals surface area contributed by atoms with Crippen molar-refractivity contribution in [2.45, 2.75) is 25.6 Å². The minimum absolute atomic E-state index is 0.269. The molecule has 3 heterocycles. The summed E-state index contributed by atoms with van der Waals surface area (Å²) < 4.78 is 46.0. The molecule has 1 aliphatic heterocycles. The fourth-order valence-electron chi connectivity index (χ4n) is 4.30. The van der Waals surface area contributed by atoms with Gasteiger partial charge < -0.3 is 9.32 Å². The van der Waals surface area contributed by atoms with E-state index in [0.29, 0.717) is 16.8 Å². The zero-order valence-electron chi connectivity index (χ0n) is 17.4. The van der Waals surface area contributed by atoms with Gasteiger partial charge in [0.1, 0.15) is 11.3 Å². The monoisotopic (exact) mass is 438 g/mol. The molecular weight excluding hydrogens is 417 g/mol. The van der Waals surface area contributed by atoms with Crippen molar-refractivity contribution in [1.29, 1.82) is 0 Å². The van der Waals surface area contributed by atoms with E-state index in [1.54, 1.807) is 12.3 Å². The summed E-state index contributed by atoms with van der Waals surface area (Å²) in [6.07, 6.45) is -0.815. The third kappa shape index (κ3) is 3.73. The summed E-state index contributed by atoms with van der Waals surface area (Å²) in [6.45, 7) is 1.87. The largest absolute Gasteiger partial charge is 0.461 e. The number of nitrogens with zero attached hydrogens (tertiary/aromatic N) is 2. The molecule has 164 valence electrons. The second kappa shape index (κ2) is 7.67. The number of hydrogen-bond acceptors (Lipinski definition) is 3. The van der Waals surface area contributed by atoms with Crippen LogP contribution in [0, 0.1) is 0 Å². The first kappa shape index (κ1) is 20.6. The Morgan fingerprint density at radius 1 is 0.969 bits per heavy atom. The maximum absolute atomic E-state index is 12.8. The molecule has 4 aromatic rings. The number of benzene rings is 2. The van der Waals surface area contributed by atoms with Crippen molar-refractivity contribution in [3.05, 3.63) is 88.0 Å². The van der Waals surface area contributed by atoms with Gasteiger partial charge in [0.25, 0.3) is 5.56 Å². The summed E-state index contributed by atoms with van der Waals surface area (Å²) in [5.74, 6) is 1.01. The number of halogens is 3. The number of pyridine rings is 1. The van der Waals surface area contributed by atoms with Crippen LogP contribution in [0.15, 0.2) is 70.0 Å². The lowest BCUT2D eigenvalue weighted by molar-refractivity contribution is -0.137. The smallest absolute Gasteiger partial charge is 0.416 e. The molecule has 0 fully saturated rings. The van der Waals surface area contributed by atoms with Gasteiger partial charge in [-0.15, -0.1) is 0 Å². The van der Waals surface area contributed by atoms with Crippen LogP contribution in [0.1, 0.15) is 23.3 Å². The molecule has 0 bridgehead atoms. The molecule has 0 spiro atoms. The van der Waals surface area contributed by atoms with Crippen LogP contribution in [0.25, 0.3) is 27.8 Å². The summed E-state index contributed by atoms with van der Waals surface area (Å²) in [5, 5.41) is 1.06. The van der Waals surface area contributed by atoms with Crippen molar-refractivity contribution in [3.63, 3.8) is 0 Å². The Bertz CT molecular complexity index is 1350. The third-order valence-corrected chi connectivity index (χ3v) is 5.98. The van der Waals surface area contributed by atoms with Crippen LogP contribution >= 0.6 is 0 Å². The highest BCUT2D eigenvalue weighted by atomic mass is 19.4. The molecule has 0 saturated carbocycles. The Kier molecular flexibility index (Phi) is 4.93. The highest BCUT2D eigenvalue weighted by Gasteiger charge is 2.30. The van der Waals surface area contributed by atoms with Crippen LogP contribution < -0.4 is 5.56 Å². The number of furan rings is 1. The van der Waals surface area contributed by atoms with E-state index in [9.17, 15) is 18.0 Å². The van der Waals surface area contributed by atoms with E-state index in [-0.39, 0.29) is 5.56 Å². The SMILES string of the molecule is CN1CCCc2oc3cc(-n4ccc(-c5ccc(C(F)(F)F)cc5)cc4=O)ccc3c2C1. The molecule has 0 unspecified atom stereocenters. The maximum Gasteiger partial charge on any atom is 0.416 e. The zero-order valence-corrected chi connectivity index (χ0v) is 17.4. The average Bonchev–Trinajstić information content (AvgIpc) is 2.98. The fourth-order valence-corrected chi connectivity index (χ4v) is 4.30. The molecule has 7 heteroatoms. The predicted octanol–water partition coefficient (Wildman–Crippen LogP) is 5.65. The van der Waals surface area contributed by atoms with Crippen LogP contribution in [-0.4, -0.2) is 23.1 Å². The summed E-state index contributed by atoms with van der Waals surface area (Å²) in [7, 11) is 2.10. The van der Waals surface area contributed by atoms with E-state index < -0.39 is 11.7 Å². The number of alkyl halides is 3. The molecule has 1 aliphatic rings. The highest BCUT2D eigenvalue weighted by molar-refractivity contribution is 5.84. The molecule has 0 saturated heterocycles. The van der Waals surface area contributed by atoms with E-state index in [1.165, 1.54) is 28.3 Å². The Morgan fingerprint density at radius 2 is 1.75 bits per heavy atom. The Labute approximate surface area is 182 Å². The molecule has 0 aliphatic carbocycles. The lowest BCUT2D eigenvalue weighted by Crippen LogP contribution is -2.17. The summed E-state index contributed by atoms with van der Waals surface area (Å²) in [4.78, 5) is 15.1. The Hall–Kier alpha value is -3.32. The molecule has 5 rings (SSSR count). The van der Waals surface area contributed by atoms with E-state index in [4.69, 9.17) is 4.42 Å². The second-order valence-electron chi connectivity index (χ2n) is 8.22. The van der Waals surface area contributed by atoms with Crippen molar-refractivity contribution in [2.24, 2.45) is 0 Å². The number of aromatic nitrogens is 1. The first-order chi connectivity index (χ1) is 15.3. The molecule has 0 N–H and O–H groups in total. The fraction of sp³-hybridized carbons (Fsp3) is 0.240. The van der Waals surface area contributed by atoms with Gasteiger partial charge in [0.05, 0.1) is 11.3 Å². The molecule has 0 atom stereocenters. The number of hydrogen-bond donors (Lipinski definition) is 0. The van der Waals surface area contributed by atoms with Gasteiger partial charge in [0, 0.05) is 42.2 Å². The molecule has 4 nitrogen and oxygen atoms in total. The van der Waals surface area contributed by atoms with E-state index >= 15 is 0 Å². The third-order valence-electron chi connectivity index (χ3n) is 5.98. The molecular formula is C25H21F3N2O2. The van der Waals surface area contributed by atoms with Crippen LogP contribution in [-0.2, 0) is 19.1 Å². The second-order valence-corrected chi connectivity index (χ2v) is 8.22. The van der Waals surface area contributed by atoms with Crippen molar-refractivity contribution in [3.8, 4) is 16.8 Å². The summed E-state index contributed by atoms with van der Waals surface area (Å²) in [6, 6.07) is 13.7. The minimum atomic E-state index is -4.39. The van der Waals surface area contributed by atoms with Gasteiger partial charge in [-0.1, -0.05) is 12.1 Å². The summed E-state index contributed by atoms with van der Waals surface area (Å²) >= 11 is 0. The Balaban J connectivity index is 1.48. The van der Waals surface area contributed by atoms with Crippen LogP contribution in [0.5, 0.6) is 0 Å². The quantitative estimate of drug-likeness (QED) is 0.406. The number of fused-ring (bicyclic) bond motifs is 3. The number of rotatable bonds is 2. The van der Waals surface area contributed by atoms with Crippen LogP contribution in [0.3, 0.4) is 0 Å². The lowest BCUT2D eigenvalue weighted by atomic mass is 10.0. The van der Waals surface area contributed by atoms with E-state index in [1.807, 2.05) is 18.2 Å². The van der Waals surface area contributed by atoms with Gasteiger partial charge in [-0.05, 0) is 61.5 Å². The highest BCUT2D eigenvalue weighted by Crippen LogP contribution is 2.32. The van der Waals surface area contributed by atoms with Crippen molar-refractivity contribution in [2.75, 3.05) is 13.6 Å². The summed E-state index contributed by atoms with van der Waals surface area (Å²) in [5.41, 5.74) is 2.77. The minimum Gasteiger partial charge on any atom is -0.461 e. The van der Waals surface area contributed by atoms with Crippen LogP contribution in [0.2, 0.25) is 0 Å². The lowest BCUT2D eigenvalue weighted by Gasteiger charge is -2.12. The van der Waals surface area contributed by atoms with E-state index in [2.05, 4.69) is 11.9 Å². The molecule has 0 radical (unpaired) electrons. The molecule has 2 aromatic heterocycles. The maximum atomic E-state index is 12.8. The first-order valence-corrected chi connectivity index (χ1v) is 10.4. The molecule has 32 heavy (non-hydrogen) atoms. The average molecular weight is 438 g/mol. The normalized spacial score (nSPS) is 15.0. The standard InChI is InChI=1S/C25H21F3N2O2/c1-29-11-2-3-22-21(15-29)20-9-8-19(14-23(20)32-22)30-12-10-17(13-24(30)31)16-4-6-18(7-5-16)25(26,27)28/h4-10,12-14H,2-3,11,15H2,1H3. The van der Waals surface area contributed by atoms with Crippen molar-refractivity contribution >= 4 is 11.0 Å². The van der Waals surface area contributed by atoms with Gasteiger partial charge in [0.15, 0.2) is 0 Å². The Morgan fingerprint density at radius 3 is 2.47 bits per heavy atom. The topological polar surface area (TPSA) is 38.4 Å². The number of aryl methyl sites for hydroxylation is 1. The predicted molar refractivity (Wildman–Crippen MR) is 117 cm³/mol. The van der Waals surface area contributed by atoms with E-state index in [0.717, 1.165) is 54.8 Å². The molecule has 2 aromatic carbocycles. The van der Waals surface area contributed by atoms with Crippen molar-refractivity contribution in [1.82, 2.24) is 9.47 Å². The zero-order chi connectivity index (χ0) is 22.5. The van der Waals surface area contributed by atoms with Gasteiger partial charge in [-0.3, -0.25) is 9.36 Å². The first-order valence-electron chi connectivity index (χ1n) is 10.4. The van der Waals surface area contributed by atoms with Gasteiger partial charge >= 0.3 is 6.18 Å². The van der Waals surface area contributed by atoms with Crippen molar-refractivity contribution < 1.29 is 17.6 Å².